The van der Waals surface area contributed by atoms with Crippen molar-refractivity contribution in [2.24, 2.45) is 0 Å². The molecule has 3 nitrogen and oxygen atoms in total. The van der Waals surface area contributed by atoms with Crippen LogP contribution in [0.3, 0.4) is 0 Å². The van der Waals surface area contributed by atoms with Crippen molar-refractivity contribution in [2.45, 2.75) is 25.9 Å². The highest BCUT2D eigenvalue weighted by atomic mass is 16.5. The Morgan fingerprint density at radius 1 is 1.24 bits per heavy atom. The van der Waals surface area contributed by atoms with Gasteiger partial charge in [-0.25, -0.2) is 0 Å². The number of ether oxygens (including phenoxy) is 2. The lowest BCUT2D eigenvalue weighted by Crippen LogP contribution is -2.02. The molecular weight excluding hydrogens is 264 g/mol. The molecule has 1 N–H and O–H groups in total. The molecule has 1 aliphatic rings. The number of benzene rings is 2. The van der Waals surface area contributed by atoms with Crippen LogP contribution >= 0.6 is 0 Å². The van der Waals surface area contributed by atoms with Crippen molar-refractivity contribution in [2.75, 3.05) is 13.2 Å². The Hall–Kier alpha value is -2.00. The van der Waals surface area contributed by atoms with E-state index in [0.29, 0.717) is 6.61 Å². The van der Waals surface area contributed by atoms with Crippen molar-refractivity contribution in [1.82, 2.24) is 0 Å². The average molecular weight is 284 g/mol. The minimum absolute atomic E-state index is 0.467. The van der Waals surface area contributed by atoms with Crippen LogP contribution in [0.15, 0.2) is 42.5 Å². The molecule has 0 saturated carbocycles. The highest BCUT2D eigenvalue weighted by Gasteiger charge is 2.11. The van der Waals surface area contributed by atoms with Gasteiger partial charge in [-0.1, -0.05) is 24.3 Å². The Bertz CT molecular complexity index is 620. The van der Waals surface area contributed by atoms with Crippen molar-refractivity contribution in [1.29, 1.82) is 0 Å². The van der Waals surface area contributed by atoms with E-state index in [1.165, 1.54) is 11.1 Å². The molecule has 0 saturated heterocycles. The average Bonchev–Trinajstić information content (AvgIpc) is 2.95. The lowest BCUT2D eigenvalue weighted by Gasteiger charge is -2.10. The number of aliphatic hydroxyl groups is 1. The summed E-state index contributed by atoms with van der Waals surface area (Å²) in [7, 11) is 0. The molecule has 0 bridgehead atoms. The van der Waals surface area contributed by atoms with Gasteiger partial charge in [0.25, 0.3) is 0 Å². The molecule has 3 heteroatoms. The van der Waals surface area contributed by atoms with E-state index in [0.717, 1.165) is 36.5 Å². The second-order valence-corrected chi connectivity index (χ2v) is 5.39. The quantitative estimate of drug-likeness (QED) is 0.915. The van der Waals surface area contributed by atoms with E-state index in [1.807, 2.05) is 30.3 Å². The summed E-state index contributed by atoms with van der Waals surface area (Å²) in [4.78, 5) is 0. The molecule has 0 aliphatic carbocycles. The van der Waals surface area contributed by atoms with Gasteiger partial charge in [-0.05, 0) is 41.8 Å². The van der Waals surface area contributed by atoms with Crippen molar-refractivity contribution >= 4 is 0 Å². The van der Waals surface area contributed by atoms with E-state index in [9.17, 15) is 5.11 Å². The third kappa shape index (κ3) is 3.37. The monoisotopic (exact) mass is 284 g/mol. The first-order valence-electron chi connectivity index (χ1n) is 7.38. The number of aliphatic hydroxyl groups excluding tert-OH is 1. The van der Waals surface area contributed by atoms with Gasteiger partial charge in [-0.3, -0.25) is 0 Å². The Kier molecular flexibility index (Phi) is 4.11. The zero-order chi connectivity index (χ0) is 14.7. The summed E-state index contributed by atoms with van der Waals surface area (Å²) in [6.07, 6.45) is 1.40. The third-order valence-corrected chi connectivity index (χ3v) is 3.75. The molecule has 0 aromatic heterocycles. The van der Waals surface area contributed by atoms with E-state index < -0.39 is 6.10 Å². The molecule has 1 aliphatic heterocycles. The summed E-state index contributed by atoms with van der Waals surface area (Å²) in [6.45, 7) is 3.18. The topological polar surface area (TPSA) is 38.7 Å². The Morgan fingerprint density at radius 2 is 2.14 bits per heavy atom. The second kappa shape index (κ2) is 6.19. The van der Waals surface area contributed by atoms with Crippen molar-refractivity contribution in [3.05, 3.63) is 59.2 Å². The molecule has 0 spiro atoms. The van der Waals surface area contributed by atoms with Gasteiger partial charge in [0, 0.05) is 12.8 Å². The normalized spacial score (nSPS) is 14.4. The SMILES string of the molecule is C[C@@H](O)c1cccc(OCCc2ccc3c(c2)CCO3)c1. The van der Waals surface area contributed by atoms with Crippen LogP contribution in [-0.4, -0.2) is 18.3 Å². The highest BCUT2D eigenvalue weighted by Crippen LogP contribution is 2.26. The molecule has 0 unspecified atom stereocenters. The van der Waals surface area contributed by atoms with Crippen LogP contribution in [0.25, 0.3) is 0 Å². The fourth-order valence-corrected chi connectivity index (χ4v) is 2.55. The fraction of sp³-hybridized carbons (Fsp3) is 0.333. The standard InChI is InChI=1S/C18H20O3/c1-13(19)15-3-2-4-17(12-15)20-9-7-14-5-6-18-16(11-14)8-10-21-18/h2-6,11-13,19H,7-10H2,1H3/t13-/m1/s1. The van der Waals surface area contributed by atoms with Crippen LogP contribution in [0.5, 0.6) is 11.5 Å². The predicted octanol–water partition coefficient (Wildman–Crippen LogP) is 3.30. The van der Waals surface area contributed by atoms with Gasteiger partial charge < -0.3 is 14.6 Å². The highest BCUT2D eigenvalue weighted by molar-refractivity contribution is 5.40. The van der Waals surface area contributed by atoms with Gasteiger partial charge >= 0.3 is 0 Å². The van der Waals surface area contributed by atoms with E-state index in [4.69, 9.17) is 9.47 Å². The summed E-state index contributed by atoms with van der Waals surface area (Å²) in [5.41, 5.74) is 3.44. The smallest absolute Gasteiger partial charge is 0.122 e. The Balaban J connectivity index is 1.57. The molecule has 0 radical (unpaired) electrons. The minimum atomic E-state index is -0.467. The largest absolute Gasteiger partial charge is 0.493 e. The van der Waals surface area contributed by atoms with E-state index in [2.05, 4.69) is 12.1 Å². The lowest BCUT2D eigenvalue weighted by atomic mass is 10.1. The number of hydrogen-bond donors (Lipinski definition) is 1. The Labute approximate surface area is 125 Å². The fourth-order valence-electron chi connectivity index (χ4n) is 2.55. The molecule has 21 heavy (non-hydrogen) atoms. The zero-order valence-corrected chi connectivity index (χ0v) is 12.2. The molecule has 2 aromatic carbocycles. The summed E-state index contributed by atoms with van der Waals surface area (Å²) in [5.74, 6) is 1.82. The van der Waals surface area contributed by atoms with Crippen molar-refractivity contribution < 1.29 is 14.6 Å². The van der Waals surface area contributed by atoms with E-state index in [1.54, 1.807) is 6.92 Å². The summed E-state index contributed by atoms with van der Waals surface area (Å²) in [6, 6.07) is 14.0. The Morgan fingerprint density at radius 3 is 3.00 bits per heavy atom. The molecule has 3 rings (SSSR count). The molecule has 1 atom stereocenters. The maximum absolute atomic E-state index is 9.57. The molecule has 110 valence electrons. The number of rotatable bonds is 5. The van der Waals surface area contributed by atoms with Crippen LogP contribution < -0.4 is 9.47 Å². The molecule has 0 fully saturated rings. The van der Waals surface area contributed by atoms with Crippen LogP contribution in [0, 0.1) is 0 Å². The van der Waals surface area contributed by atoms with Crippen LogP contribution in [0.2, 0.25) is 0 Å². The number of fused-ring (bicyclic) bond motifs is 1. The first kappa shape index (κ1) is 14.0. The first-order chi connectivity index (χ1) is 10.2. The maximum atomic E-state index is 9.57. The van der Waals surface area contributed by atoms with Gasteiger partial charge in [0.2, 0.25) is 0 Å². The molecule has 2 aromatic rings. The third-order valence-electron chi connectivity index (χ3n) is 3.75. The summed E-state index contributed by atoms with van der Waals surface area (Å²) in [5, 5.41) is 9.57. The molecule has 1 heterocycles. The van der Waals surface area contributed by atoms with Crippen LogP contribution in [-0.2, 0) is 12.8 Å². The van der Waals surface area contributed by atoms with Gasteiger partial charge in [0.15, 0.2) is 0 Å². The zero-order valence-electron chi connectivity index (χ0n) is 12.2. The van der Waals surface area contributed by atoms with Gasteiger partial charge in [-0.2, -0.15) is 0 Å². The first-order valence-corrected chi connectivity index (χ1v) is 7.38. The molecular formula is C18H20O3. The van der Waals surface area contributed by atoms with Crippen LogP contribution in [0.4, 0.5) is 0 Å². The van der Waals surface area contributed by atoms with E-state index in [-0.39, 0.29) is 0 Å². The second-order valence-electron chi connectivity index (χ2n) is 5.39. The number of hydrogen-bond acceptors (Lipinski definition) is 3. The molecule has 0 amide bonds. The predicted molar refractivity (Wildman–Crippen MR) is 81.9 cm³/mol. The summed E-state index contributed by atoms with van der Waals surface area (Å²) < 4.78 is 11.3. The van der Waals surface area contributed by atoms with Crippen molar-refractivity contribution in [3.8, 4) is 11.5 Å². The van der Waals surface area contributed by atoms with Crippen LogP contribution in [0.1, 0.15) is 29.7 Å². The van der Waals surface area contributed by atoms with Gasteiger partial charge in [0.1, 0.15) is 11.5 Å². The lowest BCUT2D eigenvalue weighted by molar-refractivity contribution is 0.198. The summed E-state index contributed by atoms with van der Waals surface area (Å²) >= 11 is 0. The van der Waals surface area contributed by atoms with Gasteiger partial charge in [0.05, 0.1) is 19.3 Å². The maximum Gasteiger partial charge on any atom is 0.122 e. The van der Waals surface area contributed by atoms with E-state index >= 15 is 0 Å². The minimum Gasteiger partial charge on any atom is -0.493 e. The van der Waals surface area contributed by atoms with Crippen molar-refractivity contribution in [3.63, 3.8) is 0 Å². The van der Waals surface area contributed by atoms with Gasteiger partial charge in [-0.15, -0.1) is 0 Å².